The van der Waals surface area contributed by atoms with Gasteiger partial charge in [-0.1, -0.05) is 6.42 Å². The number of amides is 1. The lowest BCUT2D eigenvalue weighted by Gasteiger charge is -2.33. The zero-order valence-corrected chi connectivity index (χ0v) is 14.9. The monoisotopic (exact) mass is 347 g/mol. The largest absolute Gasteiger partial charge is 0.369 e. The molecule has 0 bridgehead atoms. The van der Waals surface area contributed by atoms with Crippen LogP contribution in [0.3, 0.4) is 0 Å². The molecule has 0 radical (unpaired) electrons. The van der Waals surface area contributed by atoms with Gasteiger partial charge in [-0.3, -0.25) is 9.59 Å². The molecule has 138 valence electrons. The maximum absolute atomic E-state index is 12.5. The number of nitrogens with one attached hydrogen (secondary N) is 2. The molecule has 2 aliphatic rings. The molecule has 7 nitrogen and oxygen atoms in total. The molecule has 1 aromatic rings. The fourth-order valence-electron chi connectivity index (χ4n) is 3.81. The van der Waals surface area contributed by atoms with Crippen molar-refractivity contribution in [2.45, 2.75) is 38.5 Å². The highest BCUT2D eigenvalue weighted by molar-refractivity contribution is 5.79. The predicted octanol–water partition coefficient (Wildman–Crippen LogP) is 0.979. The minimum Gasteiger partial charge on any atom is -0.369 e. The Labute approximate surface area is 148 Å². The molecule has 2 saturated heterocycles. The van der Waals surface area contributed by atoms with Crippen LogP contribution in [0, 0.1) is 5.92 Å². The van der Waals surface area contributed by atoms with Gasteiger partial charge < -0.3 is 15.1 Å². The number of carbonyl (C=O) groups is 1. The lowest BCUT2D eigenvalue weighted by Crippen LogP contribution is -2.44. The maximum atomic E-state index is 12.5. The average molecular weight is 347 g/mol. The van der Waals surface area contributed by atoms with Crippen molar-refractivity contribution in [2.24, 2.45) is 5.92 Å². The summed E-state index contributed by atoms with van der Waals surface area (Å²) in [5.41, 5.74) is 0.591. The van der Waals surface area contributed by atoms with Crippen molar-refractivity contribution in [2.75, 3.05) is 44.2 Å². The summed E-state index contributed by atoms with van der Waals surface area (Å²) in [5.74, 6) is 0.129. The van der Waals surface area contributed by atoms with Crippen LogP contribution in [0.1, 0.15) is 38.5 Å². The Bertz CT molecular complexity index is 611. The van der Waals surface area contributed by atoms with E-state index in [1.165, 1.54) is 32.4 Å². The van der Waals surface area contributed by atoms with Gasteiger partial charge in [0.05, 0.1) is 17.8 Å². The first-order valence-electron chi connectivity index (χ1n) is 9.52. The molecule has 1 amide bonds. The van der Waals surface area contributed by atoms with Gasteiger partial charge in [0.25, 0.3) is 5.56 Å². The van der Waals surface area contributed by atoms with Crippen molar-refractivity contribution >= 4 is 11.6 Å². The number of carbonyl (C=O) groups excluding carboxylic acids is 1. The van der Waals surface area contributed by atoms with Gasteiger partial charge in [-0.2, -0.15) is 5.10 Å². The number of hydrogen-bond donors (Lipinski definition) is 2. The van der Waals surface area contributed by atoms with Crippen LogP contribution in [0.2, 0.25) is 0 Å². The summed E-state index contributed by atoms with van der Waals surface area (Å²) < 4.78 is 0. The van der Waals surface area contributed by atoms with Crippen LogP contribution in [0.15, 0.2) is 17.1 Å². The van der Waals surface area contributed by atoms with Crippen LogP contribution in [0.4, 0.5) is 5.69 Å². The summed E-state index contributed by atoms with van der Waals surface area (Å²) >= 11 is 0. The third-order valence-corrected chi connectivity index (χ3v) is 5.21. The van der Waals surface area contributed by atoms with Gasteiger partial charge in [-0.15, -0.1) is 0 Å². The van der Waals surface area contributed by atoms with E-state index in [9.17, 15) is 9.59 Å². The Morgan fingerprint density at radius 2 is 2.08 bits per heavy atom. The second-order valence-corrected chi connectivity index (χ2v) is 7.14. The zero-order chi connectivity index (χ0) is 17.5. The minimum atomic E-state index is -0.207. The molecular weight excluding hydrogens is 318 g/mol. The van der Waals surface area contributed by atoms with E-state index in [0.29, 0.717) is 6.54 Å². The summed E-state index contributed by atoms with van der Waals surface area (Å²) in [7, 11) is 0. The van der Waals surface area contributed by atoms with E-state index in [1.807, 2.05) is 0 Å². The average Bonchev–Trinajstić information content (AvgIpc) is 2.66. The minimum absolute atomic E-state index is 0.0111. The molecule has 2 fully saturated rings. The first-order valence-corrected chi connectivity index (χ1v) is 9.52. The second-order valence-electron chi connectivity index (χ2n) is 7.14. The van der Waals surface area contributed by atoms with Gasteiger partial charge in [0.2, 0.25) is 5.91 Å². The molecule has 3 heterocycles. The third kappa shape index (κ3) is 5.29. The lowest BCUT2D eigenvalue weighted by molar-refractivity contribution is -0.125. The number of aromatic amines is 1. The Balaban J connectivity index is 1.41. The SMILES string of the molecule is O=C(NCCCN1CCCCC1)[C@H]1CCCN(c2cn[nH]c(=O)c2)C1. The van der Waals surface area contributed by atoms with Crippen LogP contribution in [-0.4, -0.2) is 60.3 Å². The number of anilines is 1. The smallest absolute Gasteiger partial charge is 0.266 e. The molecule has 1 aromatic heterocycles. The van der Waals surface area contributed by atoms with Gasteiger partial charge in [-0.05, 0) is 51.7 Å². The van der Waals surface area contributed by atoms with E-state index in [1.54, 1.807) is 12.3 Å². The van der Waals surface area contributed by atoms with E-state index in [0.717, 1.165) is 44.6 Å². The molecule has 0 spiro atoms. The van der Waals surface area contributed by atoms with Crippen molar-refractivity contribution in [3.05, 3.63) is 22.6 Å². The van der Waals surface area contributed by atoms with Crippen molar-refractivity contribution in [1.29, 1.82) is 0 Å². The summed E-state index contributed by atoms with van der Waals surface area (Å²) in [5, 5.41) is 9.34. The Kier molecular flexibility index (Phi) is 6.44. The third-order valence-electron chi connectivity index (χ3n) is 5.21. The maximum Gasteiger partial charge on any atom is 0.266 e. The summed E-state index contributed by atoms with van der Waals surface area (Å²) in [6.45, 7) is 5.76. The summed E-state index contributed by atoms with van der Waals surface area (Å²) in [4.78, 5) is 28.5. The summed E-state index contributed by atoms with van der Waals surface area (Å²) in [6.07, 6.45) is 8.50. The van der Waals surface area contributed by atoms with Crippen molar-refractivity contribution in [1.82, 2.24) is 20.4 Å². The van der Waals surface area contributed by atoms with Gasteiger partial charge in [0.15, 0.2) is 0 Å². The highest BCUT2D eigenvalue weighted by Gasteiger charge is 2.26. The number of aromatic nitrogens is 2. The van der Waals surface area contributed by atoms with Crippen molar-refractivity contribution in [3.8, 4) is 0 Å². The Morgan fingerprint density at radius 3 is 2.88 bits per heavy atom. The molecule has 0 aliphatic carbocycles. The number of piperidine rings is 2. The normalized spacial score (nSPS) is 21.9. The van der Waals surface area contributed by atoms with Crippen molar-refractivity contribution < 1.29 is 4.79 Å². The molecule has 0 unspecified atom stereocenters. The fraction of sp³-hybridized carbons (Fsp3) is 0.722. The molecule has 3 rings (SSSR count). The molecule has 0 aromatic carbocycles. The second kappa shape index (κ2) is 8.99. The van der Waals surface area contributed by atoms with Crippen LogP contribution in [0.25, 0.3) is 0 Å². The van der Waals surface area contributed by atoms with Crippen LogP contribution in [-0.2, 0) is 4.79 Å². The van der Waals surface area contributed by atoms with E-state index in [4.69, 9.17) is 0 Å². The first-order chi connectivity index (χ1) is 12.2. The number of rotatable bonds is 6. The zero-order valence-electron chi connectivity index (χ0n) is 14.9. The lowest BCUT2D eigenvalue weighted by atomic mass is 9.97. The van der Waals surface area contributed by atoms with Gasteiger partial charge in [0.1, 0.15) is 0 Å². The fourth-order valence-corrected chi connectivity index (χ4v) is 3.81. The predicted molar refractivity (Wildman–Crippen MR) is 97.7 cm³/mol. The number of nitrogens with zero attached hydrogens (tertiary/aromatic N) is 3. The van der Waals surface area contributed by atoms with Crippen LogP contribution < -0.4 is 15.8 Å². The Morgan fingerprint density at radius 1 is 1.24 bits per heavy atom. The topological polar surface area (TPSA) is 81.3 Å². The molecular formula is C18H29N5O2. The highest BCUT2D eigenvalue weighted by atomic mass is 16.2. The van der Waals surface area contributed by atoms with Crippen molar-refractivity contribution in [3.63, 3.8) is 0 Å². The van der Waals surface area contributed by atoms with Gasteiger partial charge in [0, 0.05) is 25.7 Å². The number of H-pyrrole nitrogens is 1. The number of likely N-dealkylation sites (tertiary alicyclic amines) is 1. The van der Waals surface area contributed by atoms with E-state index in [-0.39, 0.29) is 17.4 Å². The molecule has 0 saturated carbocycles. The highest BCUT2D eigenvalue weighted by Crippen LogP contribution is 2.21. The van der Waals surface area contributed by atoms with Crippen LogP contribution in [0.5, 0.6) is 0 Å². The summed E-state index contributed by atoms with van der Waals surface area (Å²) in [6, 6.07) is 1.55. The number of hydrogen-bond acceptors (Lipinski definition) is 5. The standard InChI is InChI=1S/C18H29N5O2/c24-17-12-16(13-20-21-17)23-11-4-6-15(14-23)18(25)19-7-5-10-22-8-2-1-3-9-22/h12-13,15H,1-11,14H2,(H,19,25)(H,21,24)/t15-/m0/s1. The molecule has 2 aliphatic heterocycles. The van der Waals surface area contributed by atoms with E-state index < -0.39 is 0 Å². The molecule has 1 atom stereocenters. The van der Waals surface area contributed by atoms with Gasteiger partial charge in [-0.25, -0.2) is 5.10 Å². The Hall–Kier alpha value is -1.89. The van der Waals surface area contributed by atoms with Crippen LogP contribution >= 0.6 is 0 Å². The van der Waals surface area contributed by atoms with E-state index >= 15 is 0 Å². The molecule has 7 heteroatoms. The van der Waals surface area contributed by atoms with E-state index in [2.05, 4.69) is 25.3 Å². The van der Waals surface area contributed by atoms with Gasteiger partial charge >= 0.3 is 0 Å². The quantitative estimate of drug-likeness (QED) is 0.750. The molecule has 2 N–H and O–H groups in total. The first kappa shape index (κ1) is 17.9. The molecule has 25 heavy (non-hydrogen) atoms.